The first-order valence-corrected chi connectivity index (χ1v) is 14.1. The number of rotatable bonds is 3. The first kappa shape index (κ1) is 40.8. The quantitative estimate of drug-likeness (QED) is 0.237. The van der Waals surface area contributed by atoms with E-state index in [1.807, 2.05) is 12.4 Å². The van der Waals surface area contributed by atoms with Crippen LogP contribution in [0.15, 0.2) is 111 Å². The van der Waals surface area contributed by atoms with Gasteiger partial charge in [0.05, 0.1) is 36.2 Å². The van der Waals surface area contributed by atoms with Gasteiger partial charge in [0.1, 0.15) is 22.8 Å². The predicted octanol–water partition coefficient (Wildman–Crippen LogP) is 0.611. The van der Waals surface area contributed by atoms with Gasteiger partial charge in [-0.2, -0.15) is 0 Å². The van der Waals surface area contributed by atoms with Crippen molar-refractivity contribution in [2.24, 2.45) is 0 Å². The molecular formula is C34H36Cl2N10Ru. The number of aromatic nitrogens is 10. The molecule has 13 heteroatoms. The van der Waals surface area contributed by atoms with Crippen LogP contribution in [-0.2, 0) is 30.3 Å². The first-order valence-electron chi connectivity index (χ1n) is 14.1. The summed E-state index contributed by atoms with van der Waals surface area (Å²) in [6, 6.07) is 8.46. The van der Waals surface area contributed by atoms with Crippen LogP contribution in [0.2, 0.25) is 0 Å². The number of nitrogens with zero attached hydrogens (tertiary/aromatic N) is 10. The van der Waals surface area contributed by atoms with E-state index >= 15 is 0 Å². The zero-order chi connectivity index (χ0) is 31.4. The largest absolute Gasteiger partial charge is 2.00 e. The number of halogens is 2. The summed E-state index contributed by atoms with van der Waals surface area (Å²) < 4.78 is 0. The molecule has 47 heavy (non-hydrogen) atoms. The number of hydrogen-bond acceptors (Lipinski definition) is 10. The van der Waals surface area contributed by atoms with E-state index in [-0.39, 0.29) is 55.1 Å². The van der Waals surface area contributed by atoms with Crippen LogP contribution in [0.3, 0.4) is 0 Å². The Morgan fingerprint density at radius 1 is 0.362 bits per heavy atom. The van der Waals surface area contributed by atoms with Gasteiger partial charge in [0, 0.05) is 62.0 Å². The molecule has 0 aliphatic heterocycles. The molecule has 0 amide bonds. The topological polar surface area (TPSA) is 129 Å². The van der Waals surface area contributed by atoms with Crippen LogP contribution in [-0.4, -0.2) is 49.8 Å². The van der Waals surface area contributed by atoms with E-state index in [1.165, 1.54) is 11.1 Å². The van der Waals surface area contributed by atoms with Gasteiger partial charge in [-0.1, -0.05) is 41.5 Å². The molecule has 0 atom stereocenters. The summed E-state index contributed by atoms with van der Waals surface area (Å²) in [6.07, 6.45) is 23.4. The standard InChI is InChI=1S/C18H24N2.2C8H6N4.2ClH.Ru/c1-17(2,3)13-7-9-19-15(11-13)16-12-14(8-10-20-16)18(4,5)6;2*1-3-11-7(5-9-1)8-6-10-2-4-12-8;;;/h7-12H,1-6H3;2*1-6H;2*1H;/q;;;;;+2/p-2. The van der Waals surface area contributed by atoms with Crippen molar-refractivity contribution in [1.82, 2.24) is 49.8 Å². The van der Waals surface area contributed by atoms with Gasteiger partial charge in [-0.3, -0.25) is 49.8 Å². The second-order valence-electron chi connectivity index (χ2n) is 11.7. The molecule has 244 valence electrons. The van der Waals surface area contributed by atoms with Gasteiger partial charge >= 0.3 is 19.5 Å². The van der Waals surface area contributed by atoms with Crippen LogP contribution in [0.1, 0.15) is 52.7 Å². The Kier molecular flexibility index (Phi) is 16.9. The average molecular weight is 757 g/mol. The minimum Gasteiger partial charge on any atom is -1.00 e. The molecule has 6 aromatic heterocycles. The Morgan fingerprint density at radius 2 is 0.617 bits per heavy atom. The van der Waals surface area contributed by atoms with E-state index in [1.54, 1.807) is 74.4 Å². The Bertz CT molecular complexity index is 1520. The molecule has 0 saturated heterocycles. The summed E-state index contributed by atoms with van der Waals surface area (Å²) in [5.41, 5.74) is 7.67. The van der Waals surface area contributed by atoms with E-state index in [0.717, 1.165) is 34.2 Å². The van der Waals surface area contributed by atoms with Crippen molar-refractivity contribution in [2.75, 3.05) is 0 Å². The molecule has 0 aromatic carbocycles. The van der Waals surface area contributed by atoms with Gasteiger partial charge in [-0.25, -0.2) is 0 Å². The molecule has 0 bridgehead atoms. The molecular weight excluding hydrogens is 720 g/mol. The van der Waals surface area contributed by atoms with Crippen LogP contribution in [0.5, 0.6) is 0 Å². The molecule has 0 spiro atoms. The molecule has 6 rings (SSSR count). The molecule has 0 aliphatic carbocycles. The monoisotopic (exact) mass is 756 g/mol. The van der Waals surface area contributed by atoms with E-state index in [0.29, 0.717) is 0 Å². The second kappa shape index (κ2) is 19.5. The van der Waals surface area contributed by atoms with Gasteiger partial charge in [0.15, 0.2) is 0 Å². The maximum Gasteiger partial charge on any atom is 2.00 e. The summed E-state index contributed by atoms with van der Waals surface area (Å²) in [4.78, 5) is 41.0. The van der Waals surface area contributed by atoms with Crippen molar-refractivity contribution in [2.45, 2.75) is 52.4 Å². The molecule has 0 fully saturated rings. The van der Waals surface area contributed by atoms with Crippen molar-refractivity contribution >= 4 is 0 Å². The zero-order valence-corrected chi connectivity index (χ0v) is 30.2. The fourth-order valence-electron chi connectivity index (χ4n) is 3.80. The SMILES string of the molecule is CC(C)(C)c1ccnc(-c2cc(C(C)(C)C)ccn2)c1.[Cl-].[Cl-].[Ru+2].c1cnc(-c2cnccn2)cn1.c1cnc(-c2cnccn2)cn1. The molecule has 0 unspecified atom stereocenters. The molecule has 0 radical (unpaired) electrons. The summed E-state index contributed by atoms with van der Waals surface area (Å²) in [7, 11) is 0. The minimum absolute atomic E-state index is 0. The average Bonchev–Trinajstić information content (AvgIpc) is 3.06. The maximum absolute atomic E-state index is 4.48. The van der Waals surface area contributed by atoms with Gasteiger partial charge in [0.25, 0.3) is 0 Å². The third-order valence-electron chi connectivity index (χ3n) is 6.29. The van der Waals surface area contributed by atoms with Crippen LogP contribution in [0.4, 0.5) is 0 Å². The summed E-state index contributed by atoms with van der Waals surface area (Å²) in [5.74, 6) is 0. The third kappa shape index (κ3) is 12.9. The Labute approximate surface area is 301 Å². The van der Waals surface area contributed by atoms with Crippen molar-refractivity contribution in [3.05, 3.63) is 122 Å². The normalized spacial score (nSPS) is 10.3. The van der Waals surface area contributed by atoms with Gasteiger partial charge < -0.3 is 24.8 Å². The molecule has 6 heterocycles. The van der Waals surface area contributed by atoms with E-state index in [4.69, 9.17) is 0 Å². The Balaban J connectivity index is 0.000000357. The molecule has 0 N–H and O–H groups in total. The Morgan fingerprint density at radius 3 is 0.830 bits per heavy atom. The summed E-state index contributed by atoms with van der Waals surface area (Å²) in [5, 5.41) is 0. The molecule has 10 nitrogen and oxygen atoms in total. The minimum atomic E-state index is 0. The van der Waals surface area contributed by atoms with Crippen LogP contribution in [0.25, 0.3) is 34.2 Å². The van der Waals surface area contributed by atoms with Gasteiger partial charge in [0.2, 0.25) is 0 Å². The predicted molar refractivity (Wildman–Crippen MR) is 171 cm³/mol. The summed E-state index contributed by atoms with van der Waals surface area (Å²) >= 11 is 0. The number of hydrogen-bond donors (Lipinski definition) is 0. The number of pyridine rings is 2. The maximum atomic E-state index is 4.48. The third-order valence-corrected chi connectivity index (χ3v) is 6.29. The van der Waals surface area contributed by atoms with Crippen LogP contribution in [0, 0.1) is 0 Å². The summed E-state index contributed by atoms with van der Waals surface area (Å²) in [6.45, 7) is 13.3. The van der Waals surface area contributed by atoms with Crippen LogP contribution >= 0.6 is 0 Å². The van der Waals surface area contributed by atoms with Gasteiger partial charge in [-0.05, 0) is 46.2 Å². The van der Waals surface area contributed by atoms with Crippen molar-refractivity contribution in [1.29, 1.82) is 0 Å². The van der Waals surface area contributed by atoms with E-state index in [9.17, 15) is 0 Å². The van der Waals surface area contributed by atoms with Crippen molar-refractivity contribution < 1.29 is 44.3 Å². The molecule has 6 aromatic rings. The van der Waals surface area contributed by atoms with E-state index in [2.05, 4.69) is 116 Å². The first-order chi connectivity index (χ1) is 21.1. The fourth-order valence-corrected chi connectivity index (χ4v) is 3.80. The van der Waals surface area contributed by atoms with Crippen LogP contribution < -0.4 is 24.8 Å². The van der Waals surface area contributed by atoms with Crippen molar-refractivity contribution in [3.8, 4) is 34.2 Å². The fraction of sp³-hybridized carbons (Fsp3) is 0.235. The Hall–Kier alpha value is -4.18. The smallest absolute Gasteiger partial charge is 1.00 e. The molecule has 0 aliphatic rings. The van der Waals surface area contributed by atoms with Crippen molar-refractivity contribution in [3.63, 3.8) is 0 Å². The van der Waals surface area contributed by atoms with Gasteiger partial charge in [-0.15, -0.1) is 0 Å². The second-order valence-corrected chi connectivity index (χ2v) is 11.7. The van der Waals surface area contributed by atoms with E-state index < -0.39 is 0 Å². The zero-order valence-electron chi connectivity index (χ0n) is 27.0. The molecule has 0 saturated carbocycles.